The highest BCUT2D eigenvalue weighted by molar-refractivity contribution is 5.96. The molecule has 116 valence electrons. The molecule has 3 amide bonds. The number of carbonyl (C=O) groups is 2. The Morgan fingerprint density at radius 2 is 1.86 bits per heavy atom. The number of rotatable bonds is 6. The molecule has 0 aliphatic rings. The highest BCUT2D eigenvalue weighted by Crippen LogP contribution is 2.19. The third-order valence-electron chi connectivity index (χ3n) is 2.81. The molecule has 0 saturated heterocycles. The first-order chi connectivity index (χ1) is 9.93. The first-order valence-electron chi connectivity index (χ1n) is 6.94. The molecule has 6 nitrogen and oxygen atoms in total. The van der Waals surface area contributed by atoms with Gasteiger partial charge in [-0.15, -0.1) is 0 Å². The molecule has 0 aliphatic heterocycles. The minimum Gasteiger partial charge on any atom is -0.481 e. The summed E-state index contributed by atoms with van der Waals surface area (Å²) in [6.45, 7) is 6.37. The van der Waals surface area contributed by atoms with E-state index in [4.69, 9.17) is 4.74 Å². The van der Waals surface area contributed by atoms with Crippen molar-refractivity contribution in [3.63, 3.8) is 0 Å². The average Bonchev–Trinajstić information content (AvgIpc) is 2.45. The Labute approximate surface area is 125 Å². The van der Waals surface area contributed by atoms with Gasteiger partial charge in [0.2, 0.25) is 0 Å². The maximum absolute atomic E-state index is 11.8. The maximum atomic E-state index is 11.8. The smallest absolute Gasteiger partial charge is 0.321 e. The largest absolute Gasteiger partial charge is 0.481 e. The number of carbonyl (C=O) groups excluding carboxylic acids is 2. The summed E-state index contributed by atoms with van der Waals surface area (Å²) >= 11 is 0. The zero-order valence-corrected chi connectivity index (χ0v) is 12.9. The van der Waals surface area contributed by atoms with Gasteiger partial charge in [0.25, 0.3) is 5.91 Å². The van der Waals surface area contributed by atoms with Crippen LogP contribution in [0.2, 0.25) is 0 Å². The zero-order chi connectivity index (χ0) is 15.8. The van der Waals surface area contributed by atoms with Crippen molar-refractivity contribution < 1.29 is 14.3 Å². The van der Waals surface area contributed by atoms with Crippen molar-refractivity contribution in [2.75, 3.05) is 7.05 Å². The van der Waals surface area contributed by atoms with Crippen molar-refractivity contribution in [3.05, 3.63) is 29.8 Å². The molecular weight excluding hydrogens is 270 g/mol. The van der Waals surface area contributed by atoms with E-state index in [9.17, 15) is 9.59 Å². The summed E-state index contributed by atoms with van der Waals surface area (Å²) in [5.41, 5.74) is 0.964. The number of nitrogens with one attached hydrogen (secondary N) is 3. The molecule has 0 radical (unpaired) electrons. The lowest BCUT2D eigenvalue weighted by Crippen LogP contribution is -2.44. The fourth-order valence-electron chi connectivity index (χ4n) is 1.60. The molecule has 3 N–H and O–H groups in total. The fraction of sp³-hybridized carbons (Fsp3) is 0.467. The molecule has 6 heteroatoms. The van der Waals surface area contributed by atoms with Crippen LogP contribution in [0.5, 0.6) is 5.75 Å². The van der Waals surface area contributed by atoms with E-state index >= 15 is 0 Å². The second-order valence-electron chi connectivity index (χ2n) is 4.97. The first-order valence-corrected chi connectivity index (χ1v) is 6.94. The van der Waals surface area contributed by atoms with Crippen molar-refractivity contribution in [1.82, 2.24) is 16.0 Å². The third kappa shape index (κ3) is 5.83. The van der Waals surface area contributed by atoms with Crippen molar-refractivity contribution in [2.24, 2.45) is 0 Å². The van der Waals surface area contributed by atoms with Crippen molar-refractivity contribution in [2.45, 2.75) is 39.5 Å². The van der Waals surface area contributed by atoms with Crippen molar-refractivity contribution >= 4 is 11.9 Å². The number of para-hydroxylation sites is 1. The molecule has 1 unspecified atom stereocenters. The van der Waals surface area contributed by atoms with Gasteiger partial charge in [-0.2, -0.15) is 0 Å². The lowest BCUT2D eigenvalue weighted by atomic mass is 10.2. The predicted molar refractivity (Wildman–Crippen MR) is 81.1 cm³/mol. The minimum absolute atomic E-state index is 0.354. The van der Waals surface area contributed by atoms with Crippen LogP contribution in [0.4, 0.5) is 4.79 Å². The lowest BCUT2D eigenvalue weighted by Gasteiger charge is -2.17. The van der Waals surface area contributed by atoms with Gasteiger partial charge in [-0.05, 0) is 13.0 Å². The molecule has 1 atom stereocenters. The topological polar surface area (TPSA) is 79.5 Å². The van der Waals surface area contributed by atoms with Crippen LogP contribution < -0.4 is 20.7 Å². The van der Waals surface area contributed by atoms with Gasteiger partial charge in [0.15, 0.2) is 6.10 Å². The summed E-state index contributed by atoms with van der Waals surface area (Å²) < 4.78 is 5.65. The highest BCUT2D eigenvalue weighted by atomic mass is 16.5. The summed E-state index contributed by atoms with van der Waals surface area (Å²) in [6.07, 6.45) is -0.762. The Hall–Kier alpha value is -2.08. The van der Waals surface area contributed by atoms with Crippen molar-refractivity contribution in [1.29, 1.82) is 0 Å². The standard InChI is InChI=1S/C15H23N3O3/c1-10(2)17-9-12-7-5-6-8-13(12)21-11(3)14(19)18-15(20)16-4/h5-8,10-11,17H,9H2,1-4H3,(H2,16,18,19,20). The van der Waals surface area contributed by atoms with Crippen molar-refractivity contribution in [3.8, 4) is 5.75 Å². The van der Waals surface area contributed by atoms with E-state index < -0.39 is 18.0 Å². The Bertz CT molecular complexity index is 489. The number of hydrogen-bond acceptors (Lipinski definition) is 4. The molecule has 1 rings (SSSR count). The van der Waals surface area contributed by atoms with Crippen LogP contribution in [0.3, 0.4) is 0 Å². The van der Waals surface area contributed by atoms with Crippen LogP contribution in [0, 0.1) is 0 Å². The molecule has 0 heterocycles. The SMILES string of the molecule is CNC(=O)NC(=O)C(C)Oc1ccccc1CNC(C)C. The molecule has 1 aromatic carbocycles. The Morgan fingerprint density at radius 3 is 2.48 bits per heavy atom. The Kier molecular flexibility index (Phi) is 6.68. The molecule has 0 fully saturated rings. The quantitative estimate of drug-likeness (QED) is 0.741. The lowest BCUT2D eigenvalue weighted by molar-refractivity contribution is -0.126. The predicted octanol–water partition coefficient (Wildman–Crippen LogP) is 1.41. The molecule has 0 bridgehead atoms. The van der Waals surface area contributed by atoms with E-state index in [1.807, 2.05) is 18.2 Å². The van der Waals surface area contributed by atoms with E-state index in [2.05, 4.69) is 29.8 Å². The Balaban J connectivity index is 2.69. The molecule has 0 saturated carbocycles. The number of urea groups is 1. The van der Waals surface area contributed by atoms with Gasteiger partial charge in [0, 0.05) is 25.2 Å². The van der Waals surface area contributed by atoms with Gasteiger partial charge in [0.1, 0.15) is 5.75 Å². The fourth-order valence-corrected chi connectivity index (χ4v) is 1.60. The first kappa shape index (κ1) is 17.0. The van der Waals surface area contributed by atoms with Gasteiger partial charge in [-0.3, -0.25) is 10.1 Å². The number of amides is 3. The number of imide groups is 1. The van der Waals surface area contributed by atoms with Gasteiger partial charge >= 0.3 is 6.03 Å². The summed E-state index contributed by atoms with van der Waals surface area (Å²) in [6, 6.07) is 7.31. The number of ether oxygens (including phenoxy) is 1. The van der Waals surface area contributed by atoms with Gasteiger partial charge in [0.05, 0.1) is 0 Å². The van der Waals surface area contributed by atoms with E-state index in [0.29, 0.717) is 18.3 Å². The van der Waals surface area contributed by atoms with Gasteiger partial charge < -0.3 is 15.4 Å². The van der Waals surface area contributed by atoms with Crippen LogP contribution in [0.25, 0.3) is 0 Å². The number of hydrogen-bond donors (Lipinski definition) is 3. The Morgan fingerprint density at radius 1 is 1.19 bits per heavy atom. The molecule has 1 aromatic rings. The highest BCUT2D eigenvalue weighted by Gasteiger charge is 2.18. The molecule has 21 heavy (non-hydrogen) atoms. The number of benzene rings is 1. The summed E-state index contributed by atoms with van der Waals surface area (Å²) in [5.74, 6) is 0.145. The van der Waals surface area contributed by atoms with E-state index in [-0.39, 0.29) is 0 Å². The van der Waals surface area contributed by atoms with Crippen LogP contribution in [-0.4, -0.2) is 31.1 Å². The van der Waals surface area contributed by atoms with Crippen LogP contribution >= 0.6 is 0 Å². The summed E-state index contributed by atoms with van der Waals surface area (Å²) in [4.78, 5) is 22.9. The normalized spacial score (nSPS) is 11.9. The molecule has 0 aliphatic carbocycles. The summed E-state index contributed by atoms with van der Waals surface area (Å²) in [5, 5.41) is 7.81. The van der Waals surface area contributed by atoms with Gasteiger partial charge in [-0.25, -0.2) is 4.79 Å². The van der Waals surface area contributed by atoms with E-state index in [0.717, 1.165) is 5.56 Å². The van der Waals surface area contributed by atoms with E-state index in [1.165, 1.54) is 7.05 Å². The molecule has 0 aromatic heterocycles. The molecule has 0 spiro atoms. The van der Waals surface area contributed by atoms with Gasteiger partial charge in [-0.1, -0.05) is 32.0 Å². The van der Waals surface area contributed by atoms with Crippen LogP contribution in [-0.2, 0) is 11.3 Å². The third-order valence-corrected chi connectivity index (χ3v) is 2.81. The second-order valence-corrected chi connectivity index (χ2v) is 4.97. The van der Waals surface area contributed by atoms with E-state index in [1.54, 1.807) is 13.0 Å². The average molecular weight is 293 g/mol. The van der Waals surface area contributed by atoms with Crippen LogP contribution in [0.1, 0.15) is 26.3 Å². The van der Waals surface area contributed by atoms with Crippen LogP contribution in [0.15, 0.2) is 24.3 Å². The zero-order valence-electron chi connectivity index (χ0n) is 12.9. The monoisotopic (exact) mass is 293 g/mol. The summed E-state index contributed by atoms with van der Waals surface area (Å²) in [7, 11) is 1.45. The molecular formula is C15H23N3O3. The maximum Gasteiger partial charge on any atom is 0.321 e. The minimum atomic E-state index is -0.762. The second kappa shape index (κ2) is 8.26.